The topological polar surface area (TPSA) is 47.3 Å². The molecule has 0 aromatic carbocycles. The fourth-order valence-electron chi connectivity index (χ4n) is 2.72. The summed E-state index contributed by atoms with van der Waals surface area (Å²) in [5, 5.41) is 3.40. The molecule has 4 nitrogen and oxygen atoms in total. The highest BCUT2D eigenvalue weighted by Gasteiger charge is 2.34. The van der Waals surface area contributed by atoms with E-state index < -0.39 is 0 Å². The third-order valence-corrected chi connectivity index (χ3v) is 3.87. The first-order valence-corrected chi connectivity index (χ1v) is 6.61. The van der Waals surface area contributed by atoms with E-state index in [0.717, 1.165) is 44.1 Å². The van der Waals surface area contributed by atoms with Crippen LogP contribution in [-0.4, -0.2) is 18.1 Å². The molecule has 1 aromatic rings. The summed E-state index contributed by atoms with van der Waals surface area (Å²) in [6, 6.07) is 0.302. The molecule has 0 saturated carbocycles. The number of oxazole rings is 1. The van der Waals surface area contributed by atoms with Crippen molar-refractivity contribution in [1.82, 2.24) is 10.3 Å². The SMILES string of the molecule is CC1(c2cnc(C3CCCN3)o2)CCCCO1. The Labute approximate surface area is 102 Å². The zero-order chi connectivity index (χ0) is 11.7. The Balaban J connectivity index is 1.78. The fraction of sp³-hybridized carbons (Fsp3) is 0.769. The molecule has 2 unspecified atom stereocenters. The van der Waals surface area contributed by atoms with Gasteiger partial charge in [-0.3, -0.25) is 0 Å². The molecule has 2 aliphatic rings. The maximum Gasteiger partial charge on any atom is 0.211 e. The van der Waals surface area contributed by atoms with Crippen molar-refractivity contribution in [3.8, 4) is 0 Å². The molecule has 0 bridgehead atoms. The Kier molecular flexibility index (Phi) is 2.92. The highest BCUT2D eigenvalue weighted by molar-refractivity contribution is 5.08. The van der Waals surface area contributed by atoms with Gasteiger partial charge in [0.2, 0.25) is 5.89 Å². The summed E-state index contributed by atoms with van der Waals surface area (Å²) >= 11 is 0. The number of nitrogens with zero attached hydrogens (tertiary/aromatic N) is 1. The van der Waals surface area contributed by atoms with Crippen molar-refractivity contribution in [2.75, 3.05) is 13.2 Å². The van der Waals surface area contributed by atoms with Crippen LogP contribution in [0.4, 0.5) is 0 Å². The average molecular weight is 236 g/mol. The van der Waals surface area contributed by atoms with Gasteiger partial charge in [-0.2, -0.15) is 0 Å². The van der Waals surface area contributed by atoms with E-state index in [1.165, 1.54) is 12.8 Å². The summed E-state index contributed by atoms with van der Waals surface area (Å²) < 4.78 is 11.8. The zero-order valence-electron chi connectivity index (χ0n) is 10.4. The number of rotatable bonds is 2. The standard InChI is InChI=1S/C13H20N2O2/c1-13(6-2-3-8-16-13)11-9-15-12(17-11)10-5-4-7-14-10/h9-10,14H,2-8H2,1H3. The highest BCUT2D eigenvalue weighted by Crippen LogP contribution is 2.36. The molecule has 17 heavy (non-hydrogen) atoms. The molecule has 4 heteroatoms. The van der Waals surface area contributed by atoms with Crippen LogP contribution >= 0.6 is 0 Å². The molecule has 3 rings (SSSR count). The van der Waals surface area contributed by atoms with E-state index in [1.807, 2.05) is 6.20 Å². The molecule has 2 atom stereocenters. The Bertz CT molecular complexity index is 377. The van der Waals surface area contributed by atoms with Crippen molar-refractivity contribution in [3.05, 3.63) is 17.8 Å². The zero-order valence-corrected chi connectivity index (χ0v) is 10.4. The van der Waals surface area contributed by atoms with Crippen LogP contribution in [0.25, 0.3) is 0 Å². The lowest BCUT2D eigenvalue weighted by Gasteiger charge is -2.31. The quantitative estimate of drug-likeness (QED) is 0.857. The minimum atomic E-state index is -0.262. The van der Waals surface area contributed by atoms with Crippen LogP contribution in [-0.2, 0) is 10.3 Å². The minimum Gasteiger partial charge on any atom is -0.441 e. The van der Waals surface area contributed by atoms with E-state index in [4.69, 9.17) is 9.15 Å². The van der Waals surface area contributed by atoms with E-state index in [9.17, 15) is 0 Å². The minimum absolute atomic E-state index is 0.262. The van der Waals surface area contributed by atoms with Gasteiger partial charge in [-0.1, -0.05) is 0 Å². The molecule has 1 N–H and O–H groups in total. The molecule has 0 radical (unpaired) electrons. The molecule has 0 spiro atoms. The monoisotopic (exact) mass is 236 g/mol. The Morgan fingerprint density at radius 2 is 2.35 bits per heavy atom. The van der Waals surface area contributed by atoms with Gasteiger partial charge in [-0.05, 0) is 45.6 Å². The van der Waals surface area contributed by atoms with Crippen LogP contribution in [0.5, 0.6) is 0 Å². The summed E-state index contributed by atoms with van der Waals surface area (Å²) in [5.74, 6) is 1.72. The van der Waals surface area contributed by atoms with Gasteiger partial charge in [-0.25, -0.2) is 4.98 Å². The van der Waals surface area contributed by atoms with Crippen molar-refractivity contribution < 1.29 is 9.15 Å². The van der Waals surface area contributed by atoms with Crippen molar-refractivity contribution in [2.45, 2.75) is 50.7 Å². The van der Waals surface area contributed by atoms with E-state index in [-0.39, 0.29) is 5.60 Å². The van der Waals surface area contributed by atoms with Gasteiger partial charge >= 0.3 is 0 Å². The van der Waals surface area contributed by atoms with Crippen molar-refractivity contribution in [2.24, 2.45) is 0 Å². The van der Waals surface area contributed by atoms with E-state index in [0.29, 0.717) is 6.04 Å². The summed E-state index contributed by atoms with van der Waals surface area (Å²) in [7, 11) is 0. The summed E-state index contributed by atoms with van der Waals surface area (Å²) in [4.78, 5) is 4.41. The van der Waals surface area contributed by atoms with Crippen molar-refractivity contribution in [1.29, 1.82) is 0 Å². The first-order chi connectivity index (χ1) is 8.28. The number of hydrogen-bond acceptors (Lipinski definition) is 4. The molecule has 2 saturated heterocycles. The van der Waals surface area contributed by atoms with E-state index in [1.54, 1.807) is 0 Å². The maximum atomic E-state index is 5.91. The Hall–Kier alpha value is -0.870. The largest absolute Gasteiger partial charge is 0.441 e. The van der Waals surface area contributed by atoms with Gasteiger partial charge in [-0.15, -0.1) is 0 Å². The summed E-state index contributed by atoms with van der Waals surface area (Å²) in [6.07, 6.45) is 7.56. The van der Waals surface area contributed by atoms with Crippen molar-refractivity contribution >= 4 is 0 Å². The molecular weight excluding hydrogens is 216 g/mol. The normalized spacial score (nSPS) is 34.1. The number of hydrogen-bond donors (Lipinski definition) is 1. The number of aromatic nitrogens is 1. The molecule has 2 fully saturated rings. The van der Waals surface area contributed by atoms with Gasteiger partial charge in [0.25, 0.3) is 0 Å². The molecule has 0 aliphatic carbocycles. The molecular formula is C13H20N2O2. The lowest BCUT2D eigenvalue weighted by Crippen LogP contribution is -2.29. The Morgan fingerprint density at radius 3 is 3.06 bits per heavy atom. The smallest absolute Gasteiger partial charge is 0.211 e. The van der Waals surface area contributed by atoms with Crippen molar-refractivity contribution in [3.63, 3.8) is 0 Å². The second kappa shape index (κ2) is 4.42. The summed E-state index contributed by atoms with van der Waals surface area (Å²) in [6.45, 7) is 4.00. The summed E-state index contributed by atoms with van der Waals surface area (Å²) in [5.41, 5.74) is -0.262. The fourth-order valence-corrected chi connectivity index (χ4v) is 2.72. The van der Waals surface area contributed by atoms with Gasteiger partial charge < -0.3 is 14.5 Å². The van der Waals surface area contributed by atoms with Gasteiger partial charge in [0.1, 0.15) is 5.60 Å². The third-order valence-electron chi connectivity index (χ3n) is 3.87. The highest BCUT2D eigenvalue weighted by atomic mass is 16.5. The third kappa shape index (κ3) is 2.11. The lowest BCUT2D eigenvalue weighted by atomic mass is 9.94. The van der Waals surface area contributed by atoms with Crippen LogP contribution in [0.15, 0.2) is 10.6 Å². The number of nitrogens with one attached hydrogen (secondary N) is 1. The van der Waals surface area contributed by atoms with Crippen LogP contribution in [0.1, 0.15) is 56.7 Å². The van der Waals surface area contributed by atoms with Crippen LogP contribution in [0.3, 0.4) is 0 Å². The molecule has 0 amide bonds. The lowest BCUT2D eigenvalue weighted by molar-refractivity contribution is -0.0838. The van der Waals surface area contributed by atoms with Crippen LogP contribution in [0.2, 0.25) is 0 Å². The molecule has 3 heterocycles. The van der Waals surface area contributed by atoms with Crippen LogP contribution < -0.4 is 5.32 Å². The average Bonchev–Trinajstić information content (AvgIpc) is 3.01. The maximum absolute atomic E-state index is 5.91. The first-order valence-electron chi connectivity index (χ1n) is 6.61. The predicted octanol–water partition coefficient (Wildman–Crippen LogP) is 2.51. The number of ether oxygens (including phenoxy) is 1. The van der Waals surface area contributed by atoms with Gasteiger partial charge in [0, 0.05) is 6.61 Å². The predicted molar refractivity (Wildman–Crippen MR) is 63.6 cm³/mol. The van der Waals surface area contributed by atoms with E-state index >= 15 is 0 Å². The molecule has 94 valence electrons. The second-order valence-corrected chi connectivity index (χ2v) is 5.25. The van der Waals surface area contributed by atoms with Crippen LogP contribution in [0, 0.1) is 0 Å². The molecule has 2 aliphatic heterocycles. The Morgan fingerprint density at radius 1 is 1.41 bits per heavy atom. The van der Waals surface area contributed by atoms with Gasteiger partial charge in [0.15, 0.2) is 5.76 Å². The first kappa shape index (κ1) is 11.2. The van der Waals surface area contributed by atoms with Gasteiger partial charge in [0.05, 0.1) is 12.2 Å². The second-order valence-electron chi connectivity index (χ2n) is 5.25. The van der Waals surface area contributed by atoms with E-state index in [2.05, 4.69) is 17.2 Å². The molecule has 1 aromatic heterocycles.